The smallest absolute Gasteiger partial charge is 0.195 e. The first-order chi connectivity index (χ1) is 9.22. The van der Waals surface area contributed by atoms with Gasteiger partial charge in [-0.25, -0.2) is 0 Å². The number of hydrogen-bond acceptors (Lipinski definition) is 2. The number of aliphatic hydroxyl groups excluding tert-OH is 1. The Labute approximate surface area is 113 Å². The fraction of sp³-hybridized carbons (Fsp3) is 0.118. The topological polar surface area (TPSA) is 37.3 Å². The van der Waals surface area contributed by atoms with Crippen LogP contribution in [0.25, 0.3) is 0 Å². The minimum absolute atomic E-state index is 0.281. The lowest BCUT2D eigenvalue weighted by molar-refractivity contribution is 0.0747. The Morgan fingerprint density at radius 1 is 1.11 bits per heavy atom. The van der Waals surface area contributed by atoms with Crippen LogP contribution in [-0.4, -0.2) is 10.9 Å². The molecule has 1 atom stereocenters. The predicted molar refractivity (Wildman–Crippen MR) is 76.1 cm³/mol. The first-order valence-electron chi connectivity index (χ1n) is 6.19. The molecule has 0 aliphatic carbocycles. The summed E-state index contributed by atoms with van der Waals surface area (Å²) in [6.07, 6.45) is 1.48. The van der Waals surface area contributed by atoms with Crippen LogP contribution in [0.4, 0.5) is 0 Å². The zero-order chi connectivity index (χ0) is 13.7. The van der Waals surface area contributed by atoms with Crippen LogP contribution in [0.3, 0.4) is 0 Å². The Hall–Kier alpha value is -2.19. The van der Waals surface area contributed by atoms with Gasteiger partial charge in [0.25, 0.3) is 0 Å². The summed E-state index contributed by atoms with van der Waals surface area (Å²) in [5.74, 6) is -0.281. The Bertz CT molecular complexity index is 556. The fourth-order valence-electron chi connectivity index (χ4n) is 1.92. The highest BCUT2D eigenvalue weighted by atomic mass is 16.3. The second-order valence-corrected chi connectivity index (χ2v) is 4.37. The van der Waals surface area contributed by atoms with Gasteiger partial charge in [0.05, 0.1) is 0 Å². The summed E-state index contributed by atoms with van der Waals surface area (Å²) < 4.78 is 0. The first-order valence-corrected chi connectivity index (χ1v) is 6.19. The highest BCUT2D eigenvalue weighted by Gasteiger charge is 2.18. The number of allylic oxidation sites excluding steroid dienone is 1. The van der Waals surface area contributed by atoms with Crippen LogP contribution in [0, 0.1) is 0 Å². The fourth-order valence-corrected chi connectivity index (χ4v) is 1.92. The van der Waals surface area contributed by atoms with Crippen molar-refractivity contribution in [3.05, 3.63) is 83.9 Å². The van der Waals surface area contributed by atoms with Crippen LogP contribution in [0.2, 0.25) is 0 Å². The molecule has 0 amide bonds. The average molecular weight is 252 g/mol. The van der Waals surface area contributed by atoms with Crippen LogP contribution in [-0.2, 0) is 6.42 Å². The number of benzene rings is 2. The standard InChI is InChI=1S/C17H16O2/c1-2-6-13-9-11-15(12-10-13)17(19)16(18)14-7-4-3-5-8-14/h2-5,7-12,16,18H,1,6H2. The van der Waals surface area contributed by atoms with E-state index < -0.39 is 6.10 Å². The Balaban J connectivity index is 2.17. The lowest BCUT2D eigenvalue weighted by Crippen LogP contribution is -2.12. The number of hydrogen-bond donors (Lipinski definition) is 1. The maximum absolute atomic E-state index is 12.1. The molecule has 0 saturated heterocycles. The Kier molecular flexibility index (Phi) is 4.26. The molecule has 0 aliphatic rings. The highest BCUT2D eigenvalue weighted by molar-refractivity contribution is 5.99. The molecule has 0 heterocycles. The SMILES string of the molecule is C=CCc1ccc(C(=O)C(O)c2ccccc2)cc1. The zero-order valence-electron chi connectivity index (χ0n) is 10.6. The molecule has 0 aromatic heterocycles. The lowest BCUT2D eigenvalue weighted by Gasteiger charge is -2.10. The van der Waals surface area contributed by atoms with Crippen LogP contribution in [0.5, 0.6) is 0 Å². The zero-order valence-corrected chi connectivity index (χ0v) is 10.6. The molecule has 0 bridgehead atoms. The summed E-state index contributed by atoms with van der Waals surface area (Å²) in [6, 6.07) is 16.2. The molecule has 0 aliphatic heterocycles. The first kappa shape index (κ1) is 13.2. The van der Waals surface area contributed by atoms with Gasteiger partial charge in [-0.15, -0.1) is 6.58 Å². The molecular weight excluding hydrogens is 236 g/mol. The van der Waals surface area contributed by atoms with Crippen molar-refractivity contribution in [3.63, 3.8) is 0 Å². The molecule has 19 heavy (non-hydrogen) atoms. The molecule has 1 N–H and O–H groups in total. The van der Waals surface area contributed by atoms with Gasteiger partial charge in [0, 0.05) is 5.56 Å². The molecule has 0 radical (unpaired) electrons. The number of carbonyl (C=O) groups is 1. The van der Waals surface area contributed by atoms with Gasteiger partial charge < -0.3 is 5.11 Å². The van der Waals surface area contributed by atoms with Crippen molar-refractivity contribution in [1.82, 2.24) is 0 Å². The third kappa shape index (κ3) is 3.18. The average Bonchev–Trinajstić information content (AvgIpc) is 2.48. The summed E-state index contributed by atoms with van der Waals surface area (Å²) in [5.41, 5.74) is 2.23. The Morgan fingerprint density at radius 2 is 1.74 bits per heavy atom. The maximum Gasteiger partial charge on any atom is 0.195 e. The van der Waals surface area contributed by atoms with Crippen molar-refractivity contribution in [1.29, 1.82) is 0 Å². The molecule has 0 spiro atoms. The molecule has 96 valence electrons. The van der Waals surface area contributed by atoms with Crippen LogP contribution >= 0.6 is 0 Å². The van der Waals surface area contributed by atoms with Crippen LogP contribution in [0.1, 0.15) is 27.6 Å². The van der Waals surface area contributed by atoms with E-state index >= 15 is 0 Å². The third-order valence-electron chi connectivity index (χ3n) is 2.98. The van der Waals surface area contributed by atoms with Gasteiger partial charge in [0.15, 0.2) is 5.78 Å². The number of ketones is 1. The molecule has 2 rings (SSSR count). The van der Waals surface area contributed by atoms with Crippen LogP contribution < -0.4 is 0 Å². The predicted octanol–water partition coefficient (Wildman–Crippen LogP) is 3.33. The minimum Gasteiger partial charge on any atom is -0.380 e. The number of rotatable bonds is 5. The van der Waals surface area contributed by atoms with Gasteiger partial charge in [0.1, 0.15) is 6.10 Å². The van der Waals surface area contributed by atoms with Gasteiger partial charge in [-0.3, -0.25) is 4.79 Å². The van der Waals surface area contributed by atoms with Gasteiger partial charge in [-0.05, 0) is 17.5 Å². The number of carbonyl (C=O) groups excluding carboxylic acids is 1. The summed E-state index contributed by atoms with van der Waals surface area (Å²) >= 11 is 0. The summed E-state index contributed by atoms with van der Waals surface area (Å²) in [6.45, 7) is 3.67. The van der Waals surface area contributed by atoms with Gasteiger partial charge in [-0.2, -0.15) is 0 Å². The minimum atomic E-state index is -1.11. The molecule has 0 saturated carbocycles. The Morgan fingerprint density at radius 3 is 2.32 bits per heavy atom. The molecule has 2 aromatic carbocycles. The summed E-state index contributed by atoms with van der Waals surface area (Å²) in [4.78, 5) is 12.1. The monoisotopic (exact) mass is 252 g/mol. The van der Waals surface area contributed by atoms with E-state index in [1.807, 2.05) is 24.3 Å². The quantitative estimate of drug-likeness (QED) is 0.654. The largest absolute Gasteiger partial charge is 0.380 e. The van der Waals surface area contributed by atoms with E-state index in [0.717, 1.165) is 12.0 Å². The molecule has 2 nitrogen and oxygen atoms in total. The van der Waals surface area contributed by atoms with Crippen molar-refractivity contribution >= 4 is 5.78 Å². The molecular formula is C17H16O2. The van der Waals surface area contributed by atoms with E-state index in [2.05, 4.69) is 6.58 Å². The second-order valence-electron chi connectivity index (χ2n) is 4.37. The summed E-state index contributed by atoms with van der Waals surface area (Å²) in [7, 11) is 0. The van der Waals surface area contributed by atoms with E-state index in [9.17, 15) is 9.90 Å². The lowest BCUT2D eigenvalue weighted by atomic mass is 9.99. The second kappa shape index (κ2) is 6.12. The van der Waals surface area contributed by atoms with Crippen molar-refractivity contribution in [3.8, 4) is 0 Å². The van der Waals surface area contributed by atoms with Crippen molar-refractivity contribution in [2.45, 2.75) is 12.5 Å². The van der Waals surface area contributed by atoms with Crippen molar-refractivity contribution < 1.29 is 9.90 Å². The van der Waals surface area contributed by atoms with E-state index in [1.54, 1.807) is 36.4 Å². The van der Waals surface area contributed by atoms with Gasteiger partial charge >= 0.3 is 0 Å². The molecule has 0 fully saturated rings. The third-order valence-corrected chi connectivity index (χ3v) is 2.98. The van der Waals surface area contributed by atoms with E-state index in [1.165, 1.54) is 0 Å². The highest BCUT2D eigenvalue weighted by Crippen LogP contribution is 2.18. The number of aliphatic hydroxyl groups is 1. The molecule has 1 unspecified atom stereocenters. The van der Waals surface area contributed by atoms with Gasteiger partial charge in [-0.1, -0.05) is 60.7 Å². The van der Waals surface area contributed by atoms with Crippen LogP contribution in [0.15, 0.2) is 67.3 Å². The molecule has 2 aromatic rings. The van der Waals surface area contributed by atoms with E-state index in [0.29, 0.717) is 11.1 Å². The van der Waals surface area contributed by atoms with Crippen molar-refractivity contribution in [2.24, 2.45) is 0 Å². The maximum atomic E-state index is 12.1. The van der Waals surface area contributed by atoms with Gasteiger partial charge in [0.2, 0.25) is 0 Å². The van der Waals surface area contributed by atoms with E-state index in [4.69, 9.17) is 0 Å². The molecule has 2 heteroatoms. The summed E-state index contributed by atoms with van der Waals surface area (Å²) in [5, 5.41) is 10.0. The van der Waals surface area contributed by atoms with Crippen molar-refractivity contribution in [2.75, 3.05) is 0 Å². The number of Topliss-reactive ketones (excluding diaryl/α,β-unsaturated/α-hetero) is 1. The van der Waals surface area contributed by atoms with E-state index in [-0.39, 0.29) is 5.78 Å². The normalized spacial score (nSPS) is 11.8.